The van der Waals surface area contributed by atoms with E-state index in [-0.39, 0.29) is 24.0 Å². The van der Waals surface area contributed by atoms with Crippen molar-refractivity contribution in [3.8, 4) is 28.3 Å². The molecule has 1 aliphatic heterocycles. The molecule has 1 heterocycles. The van der Waals surface area contributed by atoms with Crippen molar-refractivity contribution in [1.29, 1.82) is 5.26 Å². The number of hydrogen-bond donors (Lipinski definition) is 2. The third-order valence-electron chi connectivity index (χ3n) is 7.07. The fraction of sp³-hybridized carbons (Fsp3) is 0.286. The zero-order chi connectivity index (χ0) is 23.0. The first kappa shape index (κ1) is 21.4. The molecule has 3 aromatic rings. The molecule has 1 saturated heterocycles. The zero-order valence-electron chi connectivity index (χ0n) is 18.5. The van der Waals surface area contributed by atoms with Gasteiger partial charge in [-0.05, 0) is 71.3 Å². The smallest absolute Gasteiger partial charge is 0.253 e. The van der Waals surface area contributed by atoms with Gasteiger partial charge in [-0.1, -0.05) is 42.5 Å². The van der Waals surface area contributed by atoms with E-state index in [4.69, 9.17) is 5.73 Å². The van der Waals surface area contributed by atoms with Crippen molar-refractivity contribution in [3.05, 3.63) is 83.4 Å². The lowest BCUT2D eigenvalue weighted by Gasteiger charge is -2.18. The Labute approximate surface area is 194 Å². The molecule has 5 rings (SSSR count). The van der Waals surface area contributed by atoms with Gasteiger partial charge in [0.25, 0.3) is 5.91 Å². The van der Waals surface area contributed by atoms with Crippen LogP contribution in [0, 0.1) is 11.3 Å². The number of aliphatic hydroxyl groups excluding tert-OH is 1. The molecule has 1 saturated carbocycles. The first-order valence-corrected chi connectivity index (χ1v) is 11.4. The number of benzene rings is 3. The minimum Gasteiger partial charge on any atom is -0.395 e. The molecule has 0 unspecified atom stereocenters. The van der Waals surface area contributed by atoms with E-state index in [1.807, 2.05) is 35.2 Å². The standard InChI is InChI=1S/C28H27N3O2/c29-16-19-1-3-21(4-2-19)26-15-22(27(33)31-14-11-24(30)17-31)7-10-25(26)20-5-8-23(9-6-20)28(18-32)12-13-28/h1-10,15,24,32H,11-14,17-18,30H2/t24-/m0/s1. The van der Waals surface area contributed by atoms with E-state index in [9.17, 15) is 15.2 Å². The Morgan fingerprint density at radius 3 is 2.27 bits per heavy atom. The summed E-state index contributed by atoms with van der Waals surface area (Å²) in [7, 11) is 0. The topological polar surface area (TPSA) is 90.4 Å². The Morgan fingerprint density at radius 1 is 1.03 bits per heavy atom. The van der Waals surface area contributed by atoms with Gasteiger partial charge < -0.3 is 15.7 Å². The van der Waals surface area contributed by atoms with E-state index in [1.54, 1.807) is 12.1 Å². The van der Waals surface area contributed by atoms with Gasteiger partial charge in [-0.25, -0.2) is 0 Å². The predicted molar refractivity (Wildman–Crippen MR) is 129 cm³/mol. The van der Waals surface area contributed by atoms with Gasteiger partial charge in [0, 0.05) is 30.1 Å². The van der Waals surface area contributed by atoms with Gasteiger partial charge in [0.15, 0.2) is 0 Å². The highest BCUT2D eigenvalue weighted by atomic mass is 16.3. The maximum atomic E-state index is 13.1. The number of amides is 1. The quantitative estimate of drug-likeness (QED) is 0.629. The SMILES string of the molecule is N#Cc1ccc(-c2cc(C(=O)N3CC[C@H](N)C3)ccc2-c2ccc(C3(CO)CC3)cc2)cc1. The number of carbonyl (C=O) groups excluding carboxylic acids is 1. The summed E-state index contributed by atoms with van der Waals surface area (Å²) in [5.41, 5.74) is 12.3. The second kappa shape index (κ2) is 8.47. The summed E-state index contributed by atoms with van der Waals surface area (Å²) in [6.45, 7) is 1.45. The number of carbonyl (C=O) groups is 1. The van der Waals surface area contributed by atoms with Gasteiger partial charge in [-0.3, -0.25) is 4.79 Å². The Kier molecular flexibility index (Phi) is 5.49. The van der Waals surface area contributed by atoms with Crippen LogP contribution in [-0.4, -0.2) is 41.7 Å². The second-order valence-corrected chi connectivity index (χ2v) is 9.27. The van der Waals surface area contributed by atoms with Gasteiger partial charge in [0.05, 0.1) is 18.2 Å². The molecule has 0 radical (unpaired) electrons. The Morgan fingerprint density at radius 2 is 1.70 bits per heavy atom. The molecule has 2 aliphatic rings. The number of nitrogens with zero attached hydrogens (tertiary/aromatic N) is 2. The molecule has 1 aliphatic carbocycles. The van der Waals surface area contributed by atoms with Crippen LogP contribution in [0.5, 0.6) is 0 Å². The molecular weight excluding hydrogens is 410 g/mol. The predicted octanol–water partition coefficient (Wildman–Crippen LogP) is 4.09. The van der Waals surface area contributed by atoms with Gasteiger partial charge in [-0.2, -0.15) is 5.26 Å². The lowest BCUT2D eigenvalue weighted by Crippen LogP contribution is -2.31. The van der Waals surface area contributed by atoms with Crippen LogP contribution >= 0.6 is 0 Å². The molecule has 5 nitrogen and oxygen atoms in total. The van der Waals surface area contributed by atoms with E-state index >= 15 is 0 Å². The Bertz CT molecular complexity index is 1220. The summed E-state index contributed by atoms with van der Waals surface area (Å²) in [6, 6.07) is 23.9. The number of rotatable bonds is 5. The maximum Gasteiger partial charge on any atom is 0.253 e. The van der Waals surface area contributed by atoms with Crippen molar-refractivity contribution in [3.63, 3.8) is 0 Å². The number of hydrogen-bond acceptors (Lipinski definition) is 4. The van der Waals surface area contributed by atoms with E-state index in [0.29, 0.717) is 24.2 Å². The van der Waals surface area contributed by atoms with Crippen molar-refractivity contribution in [2.24, 2.45) is 5.73 Å². The molecule has 0 bridgehead atoms. The first-order chi connectivity index (χ1) is 16.0. The zero-order valence-corrected chi connectivity index (χ0v) is 18.5. The highest BCUT2D eigenvalue weighted by Gasteiger charge is 2.43. The highest BCUT2D eigenvalue weighted by Crippen LogP contribution is 2.48. The van der Waals surface area contributed by atoms with Crippen molar-refractivity contribution < 1.29 is 9.90 Å². The number of likely N-dealkylation sites (tertiary alicyclic amines) is 1. The first-order valence-electron chi connectivity index (χ1n) is 11.4. The lowest BCUT2D eigenvalue weighted by atomic mass is 9.90. The molecule has 0 aromatic heterocycles. The van der Waals surface area contributed by atoms with Gasteiger partial charge in [0.2, 0.25) is 0 Å². The molecule has 33 heavy (non-hydrogen) atoms. The van der Waals surface area contributed by atoms with Crippen LogP contribution in [0.25, 0.3) is 22.3 Å². The third-order valence-corrected chi connectivity index (χ3v) is 7.07. The van der Waals surface area contributed by atoms with Crippen molar-refractivity contribution >= 4 is 5.91 Å². The number of nitrogens with two attached hydrogens (primary N) is 1. The Balaban J connectivity index is 1.55. The van der Waals surface area contributed by atoms with Crippen LogP contribution in [-0.2, 0) is 5.41 Å². The lowest BCUT2D eigenvalue weighted by molar-refractivity contribution is 0.0791. The number of nitriles is 1. The van der Waals surface area contributed by atoms with Crippen molar-refractivity contribution in [2.45, 2.75) is 30.7 Å². The van der Waals surface area contributed by atoms with Crippen LogP contribution in [0.3, 0.4) is 0 Å². The summed E-state index contributed by atoms with van der Waals surface area (Å²) in [6.07, 6.45) is 2.88. The van der Waals surface area contributed by atoms with Crippen molar-refractivity contribution in [2.75, 3.05) is 19.7 Å². The third kappa shape index (κ3) is 4.04. The van der Waals surface area contributed by atoms with E-state index in [2.05, 4.69) is 30.3 Å². The van der Waals surface area contributed by atoms with Crippen LogP contribution in [0.15, 0.2) is 66.7 Å². The number of aliphatic hydroxyl groups is 1. The normalized spacial score (nSPS) is 18.7. The molecular formula is C28H27N3O2. The van der Waals surface area contributed by atoms with Gasteiger partial charge in [-0.15, -0.1) is 0 Å². The molecule has 1 amide bonds. The minimum absolute atomic E-state index is 0.00151. The molecule has 2 fully saturated rings. The van der Waals surface area contributed by atoms with Crippen LogP contribution in [0.1, 0.15) is 40.7 Å². The van der Waals surface area contributed by atoms with Crippen molar-refractivity contribution in [1.82, 2.24) is 4.90 Å². The monoisotopic (exact) mass is 437 g/mol. The van der Waals surface area contributed by atoms with Gasteiger partial charge >= 0.3 is 0 Å². The summed E-state index contributed by atoms with van der Waals surface area (Å²) < 4.78 is 0. The Hall–Kier alpha value is -3.46. The molecule has 3 N–H and O–H groups in total. The van der Waals surface area contributed by atoms with Crippen LogP contribution in [0.4, 0.5) is 0 Å². The van der Waals surface area contributed by atoms with E-state index in [1.165, 1.54) is 5.56 Å². The highest BCUT2D eigenvalue weighted by molar-refractivity contribution is 5.98. The molecule has 166 valence electrons. The fourth-order valence-corrected chi connectivity index (χ4v) is 4.74. The average Bonchev–Trinajstić information content (AvgIpc) is 3.56. The van der Waals surface area contributed by atoms with Crippen LogP contribution < -0.4 is 5.73 Å². The van der Waals surface area contributed by atoms with E-state index in [0.717, 1.165) is 41.5 Å². The summed E-state index contributed by atoms with van der Waals surface area (Å²) in [5.74, 6) is -0.00151. The van der Waals surface area contributed by atoms with E-state index < -0.39 is 0 Å². The average molecular weight is 438 g/mol. The largest absolute Gasteiger partial charge is 0.395 e. The molecule has 5 heteroatoms. The molecule has 0 spiro atoms. The van der Waals surface area contributed by atoms with Gasteiger partial charge in [0.1, 0.15) is 0 Å². The summed E-state index contributed by atoms with van der Waals surface area (Å²) in [4.78, 5) is 14.9. The second-order valence-electron chi connectivity index (χ2n) is 9.27. The summed E-state index contributed by atoms with van der Waals surface area (Å²) in [5, 5.41) is 18.9. The fourth-order valence-electron chi connectivity index (χ4n) is 4.74. The molecule has 1 atom stereocenters. The van der Waals surface area contributed by atoms with Crippen LogP contribution in [0.2, 0.25) is 0 Å². The minimum atomic E-state index is -0.0681. The summed E-state index contributed by atoms with van der Waals surface area (Å²) >= 11 is 0. The maximum absolute atomic E-state index is 13.1. The molecule has 3 aromatic carbocycles.